The summed E-state index contributed by atoms with van der Waals surface area (Å²) in [6, 6.07) is 4.84. The SMILES string of the molecule is CC(NC(=O)C1CC2CCCCC2N1)c1cccs1.Cl. The van der Waals surface area contributed by atoms with E-state index in [0.717, 1.165) is 12.3 Å². The van der Waals surface area contributed by atoms with Gasteiger partial charge in [0.15, 0.2) is 0 Å². The molecule has 2 heterocycles. The normalized spacial score (nSPS) is 30.1. The van der Waals surface area contributed by atoms with Gasteiger partial charge in [-0.1, -0.05) is 18.9 Å². The number of hydrogen-bond acceptors (Lipinski definition) is 3. The van der Waals surface area contributed by atoms with E-state index in [1.165, 1.54) is 30.6 Å². The highest BCUT2D eigenvalue weighted by Crippen LogP contribution is 2.33. The van der Waals surface area contributed by atoms with Crippen molar-refractivity contribution < 1.29 is 4.79 Å². The smallest absolute Gasteiger partial charge is 0.237 e. The molecule has 4 atom stereocenters. The molecule has 1 saturated heterocycles. The van der Waals surface area contributed by atoms with E-state index in [9.17, 15) is 4.79 Å². The molecule has 1 saturated carbocycles. The lowest BCUT2D eigenvalue weighted by Crippen LogP contribution is -2.43. The highest BCUT2D eigenvalue weighted by Gasteiger charge is 2.38. The van der Waals surface area contributed by atoms with Crippen LogP contribution >= 0.6 is 23.7 Å². The summed E-state index contributed by atoms with van der Waals surface area (Å²) in [5.74, 6) is 0.900. The summed E-state index contributed by atoms with van der Waals surface area (Å²) in [4.78, 5) is 13.6. The van der Waals surface area contributed by atoms with Gasteiger partial charge in [0, 0.05) is 10.9 Å². The average molecular weight is 315 g/mol. The first kappa shape index (κ1) is 15.8. The maximum atomic E-state index is 12.3. The number of carbonyl (C=O) groups is 1. The Balaban J connectivity index is 0.00000147. The zero-order chi connectivity index (χ0) is 13.2. The Morgan fingerprint density at radius 2 is 2.25 bits per heavy atom. The van der Waals surface area contributed by atoms with Crippen LogP contribution in [0.25, 0.3) is 0 Å². The van der Waals surface area contributed by atoms with Crippen LogP contribution in [0.4, 0.5) is 0 Å². The Morgan fingerprint density at radius 1 is 1.45 bits per heavy atom. The van der Waals surface area contributed by atoms with Crippen LogP contribution in [0.1, 0.15) is 49.9 Å². The lowest BCUT2D eigenvalue weighted by molar-refractivity contribution is -0.123. The second-order valence-electron chi connectivity index (χ2n) is 5.85. The summed E-state index contributed by atoms with van der Waals surface area (Å²) in [6.07, 6.45) is 6.21. The third-order valence-electron chi connectivity index (χ3n) is 4.51. The molecule has 4 unspecified atom stereocenters. The Labute approximate surface area is 130 Å². The fourth-order valence-electron chi connectivity index (χ4n) is 3.44. The zero-order valence-electron chi connectivity index (χ0n) is 11.8. The van der Waals surface area contributed by atoms with Gasteiger partial charge in [-0.2, -0.15) is 0 Å². The molecule has 0 aromatic carbocycles. The molecule has 20 heavy (non-hydrogen) atoms. The Bertz CT molecular complexity index is 423. The third-order valence-corrected chi connectivity index (χ3v) is 5.56. The van der Waals surface area contributed by atoms with Crippen molar-refractivity contribution in [2.45, 2.75) is 57.2 Å². The summed E-state index contributed by atoms with van der Waals surface area (Å²) in [5, 5.41) is 8.73. The van der Waals surface area contributed by atoms with E-state index in [1.807, 2.05) is 6.07 Å². The minimum absolute atomic E-state index is 0. The van der Waals surface area contributed by atoms with Crippen molar-refractivity contribution in [3.8, 4) is 0 Å². The molecule has 0 radical (unpaired) electrons. The van der Waals surface area contributed by atoms with Crippen LogP contribution in [0.5, 0.6) is 0 Å². The molecule has 1 aromatic rings. The van der Waals surface area contributed by atoms with Crippen LogP contribution in [0.3, 0.4) is 0 Å². The van der Waals surface area contributed by atoms with Crippen molar-refractivity contribution in [2.24, 2.45) is 5.92 Å². The van der Waals surface area contributed by atoms with E-state index in [4.69, 9.17) is 0 Å². The first-order valence-corrected chi connectivity index (χ1v) is 8.22. The van der Waals surface area contributed by atoms with Crippen LogP contribution < -0.4 is 10.6 Å². The van der Waals surface area contributed by atoms with Crippen LogP contribution in [-0.4, -0.2) is 18.0 Å². The lowest BCUT2D eigenvalue weighted by atomic mass is 9.85. The number of fused-ring (bicyclic) bond motifs is 1. The largest absolute Gasteiger partial charge is 0.347 e. The van der Waals surface area contributed by atoms with Gasteiger partial charge in [0.05, 0.1) is 12.1 Å². The van der Waals surface area contributed by atoms with E-state index in [2.05, 4.69) is 29.0 Å². The first-order valence-electron chi connectivity index (χ1n) is 7.34. The Morgan fingerprint density at radius 3 is 2.95 bits per heavy atom. The van der Waals surface area contributed by atoms with Gasteiger partial charge in [0.1, 0.15) is 0 Å². The topological polar surface area (TPSA) is 41.1 Å². The van der Waals surface area contributed by atoms with Crippen molar-refractivity contribution in [1.82, 2.24) is 10.6 Å². The number of hydrogen-bond donors (Lipinski definition) is 2. The van der Waals surface area contributed by atoms with Crippen molar-refractivity contribution >= 4 is 29.7 Å². The number of nitrogens with one attached hydrogen (secondary N) is 2. The van der Waals surface area contributed by atoms with Crippen molar-refractivity contribution in [1.29, 1.82) is 0 Å². The molecule has 1 aromatic heterocycles. The maximum Gasteiger partial charge on any atom is 0.237 e. The predicted molar refractivity (Wildman–Crippen MR) is 85.4 cm³/mol. The molecule has 1 amide bonds. The van der Waals surface area contributed by atoms with Gasteiger partial charge in [-0.3, -0.25) is 4.79 Å². The van der Waals surface area contributed by atoms with Gasteiger partial charge in [-0.15, -0.1) is 23.7 Å². The van der Waals surface area contributed by atoms with Gasteiger partial charge in [-0.25, -0.2) is 0 Å². The van der Waals surface area contributed by atoms with Gasteiger partial charge < -0.3 is 10.6 Å². The molecule has 5 heteroatoms. The molecule has 2 N–H and O–H groups in total. The lowest BCUT2D eigenvalue weighted by Gasteiger charge is -2.24. The summed E-state index contributed by atoms with van der Waals surface area (Å²) < 4.78 is 0. The number of thiophene rings is 1. The van der Waals surface area contributed by atoms with Crippen molar-refractivity contribution in [2.75, 3.05) is 0 Å². The minimum atomic E-state index is 0. The quantitative estimate of drug-likeness (QED) is 0.899. The molecule has 3 rings (SSSR count). The molecule has 0 bridgehead atoms. The van der Waals surface area contributed by atoms with Crippen LogP contribution in [0.2, 0.25) is 0 Å². The van der Waals surface area contributed by atoms with Gasteiger partial charge in [0.2, 0.25) is 5.91 Å². The molecule has 0 spiro atoms. The summed E-state index contributed by atoms with van der Waals surface area (Å²) in [6.45, 7) is 2.06. The highest BCUT2D eigenvalue weighted by molar-refractivity contribution is 7.10. The standard InChI is InChI=1S/C15H22N2OS.ClH/c1-10(14-7-4-8-19-14)16-15(18)13-9-11-5-2-3-6-12(11)17-13;/h4,7-8,10-13,17H,2-3,5-6,9H2,1H3,(H,16,18);1H. The average Bonchev–Trinajstić information content (AvgIpc) is 3.07. The van der Waals surface area contributed by atoms with Crippen molar-refractivity contribution in [3.05, 3.63) is 22.4 Å². The summed E-state index contributed by atoms with van der Waals surface area (Å²) >= 11 is 1.70. The van der Waals surface area contributed by atoms with Crippen molar-refractivity contribution in [3.63, 3.8) is 0 Å². The number of halogens is 1. The molecule has 1 aliphatic carbocycles. The van der Waals surface area contributed by atoms with Crippen LogP contribution in [0.15, 0.2) is 17.5 Å². The fraction of sp³-hybridized carbons (Fsp3) is 0.667. The van der Waals surface area contributed by atoms with E-state index in [1.54, 1.807) is 11.3 Å². The number of amides is 1. The number of rotatable bonds is 3. The van der Waals surface area contributed by atoms with E-state index in [0.29, 0.717) is 6.04 Å². The molecule has 3 nitrogen and oxygen atoms in total. The van der Waals surface area contributed by atoms with E-state index < -0.39 is 0 Å². The first-order chi connectivity index (χ1) is 9.24. The Hall–Kier alpha value is -0.580. The summed E-state index contributed by atoms with van der Waals surface area (Å²) in [7, 11) is 0. The van der Waals surface area contributed by atoms with Crippen LogP contribution in [0, 0.1) is 5.92 Å². The third kappa shape index (κ3) is 3.35. The fourth-order valence-corrected chi connectivity index (χ4v) is 4.18. The molecule has 2 aliphatic rings. The van der Waals surface area contributed by atoms with Gasteiger partial charge >= 0.3 is 0 Å². The number of carbonyl (C=O) groups excluding carboxylic acids is 1. The highest BCUT2D eigenvalue weighted by atomic mass is 35.5. The minimum Gasteiger partial charge on any atom is -0.347 e. The van der Waals surface area contributed by atoms with Crippen LogP contribution in [-0.2, 0) is 4.79 Å². The second-order valence-corrected chi connectivity index (χ2v) is 6.83. The second kappa shape index (κ2) is 6.92. The molecule has 112 valence electrons. The van der Waals surface area contributed by atoms with E-state index >= 15 is 0 Å². The van der Waals surface area contributed by atoms with Gasteiger partial charge in [0.25, 0.3) is 0 Å². The molecular formula is C15H23ClN2OS. The predicted octanol–water partition coefficient (Wildman–Crippen LogP) is 3.27. The molecular weight excluding hydrogens is 292 g/mol. The van der Waals surface area contributed by atoms with Gasteiger partial charge in [-0.05, 0) is 43.6 Å². The Kier molecular flexibility index (Phi) is 5.47. The summed E-state index contributed by atoms with van der Waals surface area (Å²) in [5.41, 5.74) is 0. The van der Waals surface area contributed by atoms with E-state index in [-0.39, 0.29) is 30.4 Å². The molecule has 2 fully saturated rings. The monoisotopic (exact) mass is 314 g/mol. The zero-order valence-corrected chi connectivity index (χ0v) is 13.4. The molecule has 1 aliphatic heterocycles. The maximum absolute atomic E-state index is 12.3.